The van der Waals surface area contributed by atoms with Crippen molar-refractivity contribution in [1.29, 1.82) is 0 Å². The van der Waals surface area contributed by atoms with Crippen LogP contribution in [0, 0.1) is 0 Å². The summed E-state index contributed by atoms with van der Waals surface area (Å²) in [5.41, 5.74) is 1.04. The summed E-state index contributed by atoms with van der Waals surface area (Å²) in [5, 5.41) is 3.96. The first-order chi connectivity index (χ1) is 7.29. The number of anilines is 1. The summed E-state index contributed by atoms with van der Waals surface area (Å²) in [6, 6.07) is 7.92. The second-order valence-electron chi connectivity index (χ2n) is 2.98. The van der Waals surface area contributed by atoms with E-state index in [1.54, 1.807) is 6.92 Å². The molecule has 0 fully saturated rings. The van der Waals surface area contributed by atoms with Crippen molar-refractivity contribution < 1.29 is 9.53 Å². The monoisotopic (exact) mass is 221 g/mol. The Labute approximate surface area is 92.5 Å². The molecule has 0 saturated heterocycles. The van der Waals surface area contributed by atoms with Gasteiger partial charge in [-0.1, -0.05) is 23.9 Å². The van der Waals surface area contributed by atoms with E-state index in [0.29, 0.717) is 6.61 Å². The molecule has 1 heterocycles. The SMILES string of the molecule is CCOC(=O)/C=C1\Nc2ccccc2S1. The maximum absolute atomic E-state index is 11.2. The summed E-state index contributed by atoms with van der Waals surface area (Å²) in [4.78, 5) is 12.3. The molecule has 2 rings (SSSR count). The average Bonchev–Trinajstić information content (AvgIpc) is 2.59. The number of hydrogen-bond acceptors (Lipinski definition) is 4. The Balaban J connectivity index is 2.10. The van der Waals surface area contributed by atoms with Gasteiger partial charge in [-0.25, -0.2) is 4.79 Å². The molecule has 3 nitrogen and oxygen atoms in total. The van der Waals surface area contributed by atoms with Crippen LogP contribution in [0.5, 0.6) is 0 Å². The number of hydrogen-bond donors (Lipinski definition) is 1. The van der Waals surface area contributed by atoms with E-state index in [1.807, 2.05) is 24.3 Å². The lowest BCUT2D eigenvalue weighted by Gasteiger charge is -1.98. The van der Waals surface area contributed by atoms with E-state index in [9.17, 15) is 4.79 Å². The molecule has 0 spiro atoms. The number of benzene rings is 1. The molecule has 4 heteroatoms. The first kappa shape index (κ1) is 10.1. The predicted octanol–water partition coefficient (Wildman–Crippen LogP) is 2.61. The normalized spacial score (nSPS) is 15.9. The highest BCUT2D eigenvalue weighted by Gasteiger charge is 2.15. The van der Waals surface area contributed by atoms with Gasteiger partial charge in [0.2, 0.25) is 0 Å². The van der Waals surface area contributed by atoms with Crippen molar-refractivity contribution in [3.8, 4) is 0 Å². The van der Waals surface area contributed by atoms with Crippen LogP contribution in [0.15, 0.2) is 40.3 Å². The van der Waals surface area contributed by atoms with Gasteiger partial charge in [-0.3, -0.25) is 0 Å². The van der Waals surface area contributed by atoms with Gasteiger partial charge < -0.3 is 10.1 Å². The number of carbonyl (C=O) groups is 1. The number of carbonyl (C=O) groups excluding carboxylic acids is 1. The van der Waals surface area contributed by atoms with Gasteiger partial charge in [-0.05, 0) is 19.1 Å². The van der Waals surface area contributed by atoms with E-state index in [4.69, 9.17) is 4.74 Å². The number of esters is 1. The molecule has 1 aromatic rings. The molecule has 1 aromatic carbocycles. The Morgan fingerprint density at radius 3 is 3.07 bits per heavy atom. The number of ether oxygens (including phenoxy) is 1. The predicted molar refractivity (Wildman–Crippen MR) is 60.6 cm³/mol. The zero-order chi connectivity index (χ0) is 10.7. The summed E-state index contributed by atoms with van der Waals surface area (Å²) in [5.74, 6) is -0.305. The molecule has 1 aliphatic heterocycles. The molecule has 1 N–H and O–H groups in total. The third kappa shape index (κ3) is 2.33. The van der Waals surface area contributed by atoms with E-state index in [2.05, 4.69) is 5.32 Å². The topological polar surface area (TPSA) is 38.3 Å². The van der Waals surface area contributed by atoms with Crippen LogP contribution < -0.4 is 5.32 Å². The van der Waals surface area contributed by atoms with Crippen LogP contribution >= 0.6 is 11.8 Å². The molecule has 15 heavy (non-hydrogen) atoms. The highest BCUT2D eigenvalue weighted by Crippen LogP contribution is 2.40. The van der Waals surface area contributed by atoms with Gasteiger partial charge in [0.15, 0.2) is 0 Å². The number of nitrogens with one attached hydrogen (secondary N) is 1. The van der Waals surface area contributed by atoms with E-state index in [-0.39, 0.29) is 5.97 Å². The summed E-state index contributed by atoms with van der Waals surface area (Å²) < 4.78 is 4.83. The first-order valence-electron chi connectivity index (χ1n) is 4.72. The van der Waals surface area contributed by atoms with Crippen molar-refractivity contribution in [2.75, 3.05) is 11.9 Å². The molecule has 0 aliphatic carbocycles. The average molecular weight is 221 g/mol. The van der Waals surface area contributed by atoms with E-state index in [1.165, 1.54) is 17.8 Å². The van der Waals surface area contributed by atoms with Gasteiger partial charge in [0.1, 0.15) is 0 Å². The standard InChI is InChI=1S/C11H11NO2S/c1-2-14-11(13)7-10-12-8-5-3-4-6-9(8)15-10/h3-7,12H,2H2,1H3/b10-7+. The Bertz CT molecular complexity index is 388. The molecule has 0 aromatic heterocycles. The van der Waals surface area contributed by atoms with E-state index >= 15 is 0 Å². The van der Waals surface area contributed by atoms with Crippen LogP contribution in [0.2, 0.25) is 0 Å². The Morgan fingerprint density at radius 2 is 2.33 bits per heavy atom. The minimum absolute atomic E-state index is 0.305. The lowest BCUT2D eigenvalue weighted by molar-refractivity contribution is -0.137. The van der Waals surface area contributed by atoms with E-state index in [0.717, 1.165) is 15.6 Å². The fourth-order valence-electron chi connectivity index (χ4n) is 1.29. The van der Waals surface area contributed by atoms with Crippen LogP contribution in [0.25, 0.3) is 0 Å². The van der Waals surface area contributed by atoms with Crippen molar-refractivity contribution in [1.82, 2.24) is 0 Å². The maximum Gasteiger partial charge on any atom is 0.333 e. The maximum atomic E-state index is 11.2. The number of rotatable bonds is 2. The number of thioether (sulfide) groups is 1. The zero-order valence-corrected chi connectivity index (χ0v) is 9.14. The highest BCUT2D eigenvalue weighted by molar-refractivity contribution is 8.03. The molecule has 0 unspecified atom stereocenters. The smallest absolute Gasteiger partial charge is 0.333 e. The molecule has 0 saturated carbocycles. The van der Waals surface area contributed by atoms with Gasteiger partial charge in [0.25, 0.3) is 0 Å². The molecule has 0 bridgehead atoms. The third-order valence-corrected chi connectivity index (χ3v) is 2.92. The lowest BCUT2D eigenvalue weighted by atomic mass is 10.3. The Morgan fingerprint density at radius 1 is 1.53 bits per heavy atom. The quantitative estimate of drug-likeness (QED) is 0.615. The van der Waals surface area contributed by atoms with E-state index < -0.39 is 0 Å². The molecule has 0 radical (unpaired) electrons. The van der Waals surface area contributed by atoms with Gasteiger partial charge in [0.05, 0.1) is 23.4 Å². The molecular formula is C11H11NO2S. The minimum atomic E-state index is -0.305. The Hall–Kier alpha value is -1.42. The zero-order valence-electron chi connectivity index (χ0n) is 8.32. The third-order valence-electron chi connectivity index (χ3n) is 1.90. The van der Waals surface area contributed by atoms with Crippen molar-refractivity contribution in [3.05, 3.63) is 35.4 Å². The van der Waals surface area contributed by atoms with Crippen LogP contribution in [-0.4, -0.2) is 12.6 Å². The van der Waals surface area contributed by atoms with Gasteiger partial charge >= 0.3 is 5.97 Å². The molecule has 78 valence electrons. The summed E-state index contributed by atoms with van der Waals surface area (Å²) >= 11 is 1.54. The van der Waals surface area contributed by atoms with Gasteiger partial charge in [0, 0.05) is 4.90 Å². The Kier molecular flexibility index (Phi) is 2.97. The second kappa shape index (κ2) is 4.40. The largest absolute Gasteiger partial charge is 0.463 e. The second-order valence-corrected chi connectivity index (χ2v) is 4.07. The van der Waals surface area contributed by atoms with Crippen LogP contribution in [0.1, 0.15) is 6.92 Å². The minimum Gasteiger partial charge on any atom is -0.463 e. The lowest BCUT2D eigenvalue weighted by Crippen LogP contribution is -2.02. The van der Waals surface area contributed by atoms with Crippen LogP contribution in [0.4, 0.5) is 5.69 Å². The number of fused-ring (bicyclic) bond motifs is 1. The first-order valence-corrected chi connectivity index (χ1v) is 5.53. The molecule has 0 atom stereocenters. The summed E-state index contributed by atoms with van der Waals surface area (Å²) in [6.45, 7) is 2.20. The van der Waals surface area contributed by atoms with Gasteiger partial charge in [-0.2, -0.15) is 0 Å². The summed E-state index contributed by atoms with van der Waals surface area (Å²) in [6.07, 6.45) is 1.48. The van der Waals surface area contributed by atoms with Crippen LogP contribution in [-0.2, 0) is 9.53 Å². The van der Waals surface area contributed by atoms with Crippen molar-refractivity contribution in [2.45, 2.75) is 11.8 Å². The fourth-order valence-corrected chi connectivity index (χ4v) is 2.22. The molecule has 0 amide bonds. The van der Waals surface area contributed by atoms with Crippen LogP contribution in [0.3, 0.4) is 0 Å². The number of para-hydroxylation sites is 1. The fraction of sp³-hybridized carbons (Fsp3) is 0.182. The molecule has 1 aliphatic rings. The highest BCUT2D eigenvalue weighted by atomic mass is 32.2. The van der Waals surface area contributed by atoms with Crippen molar-refractivity contribution in [2.24, 2.45) is 0 Å². The van der Waals surface area contributed by atoms with Crippen molar-refractivity contribution >= 4 is 23.4 Å². The van der Waals surface area contributed by atoms with Crippen molar-refractivity contribution in [3.63, 3.8) is 0 Å². The molecular weight excluding hydrogens is 210 g/mol. The van der Waals surface area contributed by atoms with Gasteiger partial charge in [-0.15, -0.1) is 0 Å². The summed E-state index contributed by atoms with van der Waals surface area (Å²) in [7, 11) is 0.